The van der Waals surface area contributed by atoms with Crippen molar-refractivity contribution in [3.63, 3.8) is 0 Å². The van der Waals surface area contributed by atoms with Crippen LogP contribution in [0.4, 0.5) is 18.3 Å². The second-order valence-corrected chi connectivity index (χ2v) is 5.49. The predicted molar refractivity (Wildman–Crippen MR) is 70.3 cm³/mol. The molecule has 0 fully saturated rings. The molecule has 0 aliphatic rings. The summed E-state index contributed by atoms with van der Waals surface area (Å²) < 4.78 is 39.9. The van der Waals surface area contributed by atoms with Gasteiger partial charge >= 0.3 is 6.18 Å². The van der Waals surface area contributed by atoms with Crippen LogP contribution in [-0.2, 0) is 6.18 Å². The number of hydrogen-bond donors (Lipinski definition) is 1. The maximum atomic E-state index is 12.2. The van der Waals surface area contributed by atoms with Crippen molar-refractivity contribution in [1.82, 2.24) is 9.36 Å². The highest BCUT2D eigenvalue weighted by Gasteiger charge is 2.35. The number of halogens is 3. The van der Waals surface area contributed by atoms with Gasteiger partial charge in [-0.25, -0.2) is 0 Å². The summed E-state index contributed by atoms with van der Waals surface area (Å²) in [7, 11) is 0. The molecule has 0 saturated carbocycles. The Hall–Kier alpha value is -0.500. The molecular weight excluding hydrogens is 283 g/mol. The fraction of sp³-hybridized carbons (Fsp3) is 0.800. The SMILES string of the molecule is CSCCCCCCNc1nc(C(F)(F)F)ns1. The Morgan fingerprint density at radius 2 is 1.94 bits per heavy atom. The quantitative estimate of drug-likeness (QED) is 0.739. The molecule has 0 aliphatic heterocycles. The molecule has 1 aromatic rings. The minimum Gasteiger partial charge on any atom is -0.360 e. The van der Waals surface area contributed by atoms with Crippen LogP contribution >= 0.6 is 23.3 Å². The molecule has 1 heterocycles. The molecule has 0 unspecified atom stereocenters. The van der Waals surface area contributed by atoms with E-state index in [1.807, 2.05) is 11.8 Å². The molecule has 0 atom stereocenters. The average molecular weight is 299 g/mol. The van der Waals surface area contributed by atoms with Gasteiger partial charge in [-0.15, -0.1) is 0 Å². The van der Waals surface area contributed by atoms with Crippen molar-refractivity contribution >= 4 is 28.4 Å². The first-order valence-electron chi connectivity index (χ1n) is 5.67. The monoisotopic (exact) mass is 299 g/mol. The molecule has 18 heavy (non-hydrogen) atoms. The molecule has 0 amide bonds. The van der Waals surface area contributed by atoms with E-state index in [1.165, 1.54) is 12.2 Å². The van der Waals surface area contributed by atoms with Crippen LogP contribution in [0, 0.1) is 0 Å². The van der Waals surface area contributed by atoms with E-state index < -0.39 is 12.0 Å². The summed E-state index contributed by atoms with van der Waals surface area (Å²) in [5.74, 6) is 0.105. The van der Waals surface area contributed by atoms with Gasteiger partial charge in [0.05, 0.1) is 0 Å². The van der Waals surface area contributed by atoms with Crippen LogP contribution < -0.4 is 5.32 Å². The van der Waals surface area contributed by atoms with E-state index in [4.69, 9.17) is 0 Å². The highest BCUT2D eigenvalue weighted by atomic mass is 32.2. The van der Waals surface area contributed by atoms with E-state index in [0.717, 1.165) is 30.8 Å². The first-order chi connectivity index (χ1) is 8.54. The van der Waals surface area contributed by atoms with Crippen molar-refractivity contribution in [2.24, 2.45) is 0 Å². The third-order valence-electron chi connectivity index (χ3n) is 2.23. The summed E-state index contributed by atoms with van der Waals surface area (Å²) in [5, 5.41) is 3.11. The lowest BCUT2D eigenvalue weighted by Gasteiger charge is -2.02. The van der Waals surface area contributed by atoms with Crippen LogP contribution in [0.25, 0.3) is 0 Å². The number of alkyl halides is 3. The highest BCUT2D eigenvalue weighted by molar-refractivity contribution is 7.98. The van der Waals surface area contributed by atoms with E-state index >= 15 is 0 Å². The van der Waals surface area contributed by atoms with E-state index in [2.05, 4.69) is 20.9 Å². The summed E-state index contributed by atoms with van der Waals surface area (Å²) in [6.45, 7) is 0.645. The summed E-state index contributed by atoms with van der Waals surface area (Å²) in [6, 6.07) is 0. The number of aromatic nitrogens is 2. The lowest BCUT2D eigenvalue weighted by atomic mass is 10.2. The van der Waals surface area contributed by atoms with Crippen LogP contribution in [0.3, 0.4) is 0 Å². The third kappa shape index (κ3) is 5.90. The van der Waals surface area contributed by atoms with Crippen molar-refractivity contribution < 1.29 is 13.2 Å². The number of nitrogens with one attached hydrogen (secondary N) is 1. The maximum Gasteiger partial charge on any atom is 0.452 e. The Balaban J connectivity index is 2.14. The van der Waals surface area contributed by atoms with E-state index in [0.29, 0.717) is 6.54 Å². The second kappa shape index (κ2) is 7.83. The molecule has 0 radical (unpaired) electrons. The number of rotatable bonds is 8. The van der Waals surface area contributed by atoms with E-state index in [-0.39, 0.29) is 5.13 Å². The average Bonchev–Trinajstić information content (AvgIpc) is 2.76. The topological polar surface area (TPSA) is 37.8 Å². The van der Waals surface area contributed by atoms with Gasteiger partial charge in [0.25, 0.3) is 0 Å². The highest BCUT2D eigenvalue weighted by Crippen LogP contribution is 2.28. The van der Waals surface area contributed by atoms with Gasteiger partial charge in [-0.05, 0) is 24.9 Å². The zero-order chi connectivity index (χ0) is 13.4. The Labute approximate surface area is 113 Å². The molecule has 0 aliphatic carbocycles. The zero-order valence-corrected chi connectivity index (χ0v) is 11.7. The number of nitrogens with zero attached hydrogens (tertiary/aromatic N) is 2. The van der Waals surface area contributed by atoms with Crippen molar-refractivity contribution in [1.29, 1.82) is 0 Å². The molecule has 0 saturated heterocycles. The molecule has 0 aromatic carbocycles. The fourth-order valence-corrected chi connectivity index (χ4v) is 2.43. The van der Waals surface area contributed by atoms with Crippen LogP contribution in [0.2, 0.25) is 0 Å². The van der Waals surface area contributed by atoms with Gasteiger partial charge in [0, 0.05) is 18.1 Å². The van der Waals surface area contributed by atoms with Crippen LogP contribution in [0.15, 0.2) is 0 Å². The molecular formula is C10H16F3N3S2. The van der Waals surface area contributed by atoms with Crippen LogP contribution in [0.5, 0.6) is 0 Å². The van der Waals surface area contributed by atoms with E-state index in [9.17, 15) is 13.2 Å². The number of thioether (sulfide) groups is 1. The molecule has 8 heteroatoms. The Morgan fingerprint density at radius 3 is 2.56 bits per heavy atom. The van der Waals surface area contributed by atoms with E-state index in [1.54, 1.807) is 0 Å². The first-order valence-corrected chi connectivity index (χ1v) is 7.84. The van der Waals surface area contributed by atoms with Gasteiger partial charge in [-0.1, -0.05) is 12.8 Å². The first kappa shape index (κ1) is 15.6. The lowest BCUT2D eigenvalue weighted by Crippen LogP contribution is -2.08. The third-order valence-corrected chi connectivity index (χ3v) is 3.60. The minimum atomic E-state index is -4.45. The largest absolute Gasteiger partial charge is 0.452 e. The summed E-state index contributed by atoms with van der Waals surface area (Å²) in [6.07, 6.45) is 2.00. The summed E-state index contributed by atoms with van der Waals surface area (Å²) in [5.41, 5.74) is 0. The van der Waals surface area contributed by atoms with Gasteiger partial charge in [0.15, 0.2) is 0 Å². The molecule has 1 rings (SSSR count). The fourth-order valence-electron chi connectivity index (χ4n) is 1.33. The van der Waals surface area contributed by atoms with Crippen molar-refractivity contribution in [2.45, 2.75) is 31.9 Å². The molecule has 0 spiro atoms. The zero-order valence-electron chi connectivity index (χ0n) is 10.1. The lowest BCUT2D eigenvalue weighted by molar-refractivity contribution is -0.144. The minimum absolute atomic E-state index is 0.242. The standard InChI is InChI=1S/C10H16F3N3S2/c1-17-7-5-3-2-4-6-14-9-15-8(16-18-9)10(11,12)13/h2-7H2,1H3,(H,14,15,16). The maximum absolute atomic E-state index is 12.2. The molecule has 1 aromatic heterocycles. The Morgan fingerprint density at radius 1 is 1.22 bits per heavy atom. The predicted octanol–water partition coefficient (Wildman–Crippen LogP) is 3.89. The summed E-state index contributed by atoms with van der Waals surface area (Å²) in [4.78, 5) is 3.40. The molecule has 3 nitrogen and oxygen atoms in total. The van der Waals surface area contributed by atoms with Gasteiger partial charge in [0.1, 0.15) is 0 Å². The van der Waals surface area contributed by atoms with Crippen molar-refractivity contribution in [3.05, 3.63) is 5.82 Å². The molecule has 1 N–H and O–H groups in total. The van der Waals surface area contributed by atoms with Gasteiger partial charge in [0.2, 0.25) is 11.0 Å². The smallest absolute Gasteiger partial charge is 0.360 e. The van der Waals surface area contributed by atoms with Crippen LogP contribution in [-0.4, -0.2) is 27.9 Å². The second-order valence-electron chi connectivity index (χ2n) is 3.75. The Kier molecular flexibility index (Phi) is 6.77. The summed E-state index contributed by atoms with van der Waals surface area (Å²) >= 11 is 2.58. The molecule has 104 valence electrons. The van der Waals surface area contributed by atoms with Crippen LogP contribution in [0.1, 0.15) is 31.5 Å². The van der Waals surface area contributed by atoms with Gasteiger partial charge in [-0.2, -0.15) is 34.3 Å². The number of hydrogen-bond acceptors (Lipinski definition) is 5. The van der Waals surface area contributed by atoms with Gasteiger partial charge in [-0.3, -0.25) is 0 Å². The number of anilines is 1. The normalized spacial score (nSPS) is 11.8. The number of unbranched alkanes of at least 4 members (excludes halogenated alkanes) is 3. The van der Waals surface area contributed by atoms with Gasteiger partial charge < -0.3 is 5.32 Å². The molecule has 0 bridgehead atoms. The Bertz CT molecular complexity index is 341. The van der Waals surface area contributed by atoms with Crippen molar-refractivity contribution in [2.75, 3.05) is 23.9 Å². The van der Waals surface area contributed by atoms with Crippen molar-refractivity contribution in [3.8, 4) is 0 Å².